The largest absolute Gasteiger partial charge is 0.507 e. The lowest BCUT2D eigenvalue weighted by molar-refractivity contribution is 0.312. The van der Waals surface area contributed by atoms with E-state index in [2.05, 4.69) is 50.4 Å². The van der Waals surface area contributed by atoms with Crippen molar-refractivity contribution in [3.63, 3.8) is 0 Å². The predicted molar refractivity (Wildman–Crippen MR) is 138 cm³/mol. The maximum absolute atomic E-state index is 9.14. The second-order valence-electron chi connectivity index (χ2n) is 5.21. The number of epoxide rings is 1. The Bertz CT molecular complexity index is 595. The third kappa shape index (κ3) is 5.67. The van der Waals surface area contributed by atoms with Crippen LogP contribution in [0.2, 0.25) is 5.02 Å². The molecule has 1 heterocycles. The zero-order chi connectivity index (χ0) is 18.6. The van der Waals surface area contributed by atoms with Crippen molar-refractivity contribution >= 4 is 114 Å². The van der Waals surface area contributed by atoms with Crippen LogP contribution in [0, 0.1) is 0 Å². The molecule has 142 valence electrons. The van der Waals surface area contributed by atoms with E-state index in [9.17, 15) is 0 Å². The average molecular weight is 764 g/mol. The van der Waals surface area contributed by atoms with Gasteiger partial charge in [0, 0.05) is 42.8 Å². The minimum atomic E-state index is -0.908. The normalized spacial score (nSPS) is 27.8. The Labute approximate surface area is 209 Å². The van der Waals surface area contributed by atoms with Gasteiger partial charge >= 0.3 is 0 Å². The molecule has 1 aromatic carbocycles. The molecule has 0 radical (unpaired) electrons. The summed E-state index contributed by atoms with van der Waals surface area (Å²) in [5.41, 5.74) is -0.132. The Kier molecular flexibility index (Phi) is 11.9. The lowest BCUT2D eigenvalue weighted by Gasteiger charge is -2.30. The monoisotopic (exact) mass is 762 g/mol. The summed E-state index contributed by atoms with van der Waals surface area (Å²) in [5, 5.41) is 8.97. The molecular weight excluding hydrogens is 747 g/mol. The SMILES string of the molecule is C=CC12OC1(Cl)CCCC2(Cl)Cl.C=Cc1c(O)cccc1Cl.I.II. The summed E-state index contributed by atoms with van der Waals surface area (Å²) in [6, 6.07) is 4.96. The molecule has 2 aliphatic rings. The highest BCUT2D eigenvalue weighted by Gasteiger charge is 2.78. The molecule has 1 saturated carbocycles. The molecule has 0 bridgehead atoms. The molecule has 0 spiro atoms. The van der Waals surface area contributed by atoms with Crippen molar-refractivity contribution in [2.45, 2.75) is 34.3 Å². The van der Waals surface area contributed by atoms with Gasteiger partial charge in [0.25, 0.3) is 0 Å². The van der Waals surface area contributed by atoms with Crippen LogP contribution in [-0.4, -0.2) is 20.1 Å². The molecule has 2 fully saturated rings. The maximum Gasteiger partial charge on any atom is 0.178 e. The number of phenols is 1. The van der Waals surface area contributed by atoms with Gasteiger partial charge in [-0.3, -0.25) is 0 Å². The van der Waals surface area contributed by atoms with Crippen LogP contribution in [0.15, 0.2) is 37.4 Å². The molecule has 1 aliphatic carbocycles. The topological polar surface area (TPSA) is 32.8 Å². The van der Waals surface area contributed by atoms with Crippen molar-refractivity contribution in [2.24, 2.45) is 0 Å². The highest BCUT2D eigenvalue weighted by Crippen LogP contribution is 2.68. The third-order valence-corrected chi connectivity index (χ3v) is 5.71. The quantitative estimate of drug-likeness (QED) is 0.142. The molecule has 3 rings (SSSR count). The van der Waals surface area contributed by atoms with Crippen LogP contribution in [0.5, 0.6) is 5.75 Å². The molecule has 2 unspecified atom stereocenters. The van der Waals surface area contributed by atoms with E-state index in [1.54, 1.807) is 24.3 Å². The first-order chi connectivity index (χ1) is 11.2. The number of halogens is 7. The second-order valence-corrected chi connectivity index (χ2v) is 7.71. The molecule has 1 saturated heterocycles. The van der Waals surface area contributed by atoms with Crippen LogP contribution >= 0.6 is 108 Å². The fourth-order valence-electron chi connectivity index (χ4n) is 2.61. The average Bonchev–Trinajstić information content (AvgIpc) is 3.18. The standard InChI is InChI=1S/C8H9Cl3O.C8H7ClO.I2.HI/c1-2-6-7(9,10)4-3-5-8(6,11)12-6;1-2-6-7(9)4-3-5-8(6)10;1-2;/h2H,1,3-5H2;2-5,10H,1H2;;1H. The van der Waals surface area contributed by atoms with Gasteiger partial charge in [0.1, 0.15) is 5.75 Å². The molecule has 2 atom stereocenters. The summed E-state index contributed by atoms with van der Waals surface area (Å²) in [7, 11) is 0. The van der Waals surface area contributed by atoms with E-state index in [-0.39, 0.29) is 29.7 Å². The molecular formula is C16H17Cl4I3O2. The van der Waals surface area contributed by atoms with Gasteiger partial charge in [0.15, 0.2) is 15.0 Å². The fourth-order valence-corrected chi connectivity index (χ4v) is 4.25. The van der Waals surface area contributed by atoms with Gasteiger partial charge < -0.3 is 9.84 Å². The van der Waals surface area contributed by atoms with E-state index >= 15 is 0 Å². The first-order valence-electron chi connectivity index (χ1n) is 6.88. The van der Waals surface area contributed by atoms with Crippen LogP contribution < -0.4 is 0 Å². The van der Waals surface area contributed by atoms with E-state index in [1.807, 2.05) is 0 Å². The van der Waals surface area contributed by atoms with E-state index < -0.39 is 15.0 Å². The fraction of sp³-hybridized carbons (Fsp3) is 0.375. The first kappa shape index (κ1) is 26.8. The van der Waals surface area contributed by atoms with Crippen LogP contribution in [0.3, 0.4) is 0 Å². The highest BCUT2D eigenvalue weighted by atomic mass is 128. The predicted octanol–water partition coefficient (Wildman–Crippen LogP) is 8.31. The minimum absolute atomic E-state index is 0. The van der Waals surface area contributed by atoms with Crippen molar-refractivity contribution < 1.29 is 9.84 Å². The van der Waals surface area contributed by atoms with Crippen molar-refractivity contribution in [1.82, 2.24) is 0 Å². The van der Waals surface area contributed by atoms with Crippen LogP contribution in [0.4, 0.5) is 0 Å². The molecule has 1 aromatic rings. The summed E-state index contributed by atoms with van der Waals surface area (Å²) < 4.78 is 4.49. The Morgan fingerprint density at radius 1 is 1.16 bits per heavy atom. The number of alkyl halides is 3. The Hall–Kier alpha value is 1.81. The van der Waals surface area contributed by atoms with Gasteiger partial charge in [0.05, 0.1) is 5.02 Å². The molecule has 1 aliphatic heterocycles. The Morgan fingerprint density at radius 3 is 2.12 bits per heavy atom. The number of phenolic OH excluding ortho intramolecular Hbond substituents is 1. The number of hydrogen-bond acceptors (Lipinski definition) is 2. The van der Waals surface area contributed by atoms with Crippen LogP contribution in [-0.2, 0) is 4.74 Å². The number of rotatable bonds is 2. The van der Waals surface area contributed by atoms with Crippen molar-refractivity contribution in [2.75, 3.05) is 0 Å². The van der Waals surface area contributed by atoms with E-state index in [0.717, 1.165) is 12.8 Å². The van der Waals surface area contributed by atoms with Crippen molar-refractivity contribution in [3.05, 3.63) is 48.0 Å². The number of hydrogen-bond donors (Lipinski definition) is 1. The summed E-state index contributed by atoms with van der Waals surface area (Å²) >= 11 is 28.3. The van der Waals surface area contributed by atoms with Gasteiger partial charge in [-0.2, -0.15) is 0 Å². The molecule has 25 heavy (non-hydrogen) atoms. The third-order valence-electron chi connectivity index (χ3n) is 3.89. The van der Waals surface area contributed by atoms with Gasteiger partial charge in [0.2, 0.25) is 0 Å². The summed E-state index contributed by atoms with van der Waals surface area (Å²) in [6.45, 7) is 7.17. The van der Waals surface area contributed by atoms with Crippen LogP contribution in [0.1, 0.15) is 24.8 Å². The molecule has 0 aromatic heterocycles. The number of aromatic hydroxyl groups is 1. The van der Waals surface area contributed by atoms with Gasteiger partial charge in [-0.1, -0.05) is 77.8 Å². The van der Waals surface area contributed by atoms with E-state index in [4.69, 9.17) is 56.2 Å². The van der Waals surface area contributed by atoms with E-state index in [1.165, 1.54) is 6.08 Å². The Morgan fingerprint density at radius 2 is 1.76 bits per heavy atom. The zero-order valence-electron chi connectivity index (χ0n) is 13.0. The summed E-state index contributed by atoms with van der Waals surface area (Å²) in [5.74, 6) is 0.169. The number of fused-ring (bicyclic) bond motifs is 1. The smallest absolute Gasteiger partial charge is 0.178 e. The van der Waals surface area contributed by atoms with Crippen LogP contribution in [0.25, 0.3) is 6.08 Å². The second kappa shape index (κ2) is 11.1. The summed E-state index contributed by atoms with van der Waals surface area (Å²) in [6.07, 6.45) is 5.54. The zero-order valence-corrected chi connectivity index (χ0v) is 22.6. The lowest BCUT2D eigenvalue weighted by atomic mass is 9.87. The van der Waals surface area contributed by atoms with Gasteiger partial charge in [-0.15, -0.1) is 24.0 Å². The lowest BCUT2D eigenvalue weighted by Crippen LogP contribution is -2.41. The Balaban J connectivity index is 0.000000410. The van der Waals surface area contributed by atoms with E-state index in [0.29, 0.717) is 17.0 Å². The molecule has 2 nitrogen and oxygen atoms in total. The van der Waals surface area contributed by atoms with Crippen molar-refractivity contribution in [3.8, 4) is 5.75 Å². The molecule has 0 amide bonds. The first-order valence-corrected chi connectivity index (χ1v) is 14.7. The minimum Gasteiger partial charge on any atom is -0.507 e. The molecule has 9 heteroatoms. The summed E-state index contributed by atoms with van der Waals surface area (Å²) in [4.78, 5) is 0. The maximum atomic E-state index is 9.14. The number of benzene rings is 1. The van der Waals surface area contributed by atoms with Gasteiger partial charge in [-0.05, 0) is 31.4 Å². The number of ether oxygens (including phenoxy) is 1. The highest BCUT2D eigenvalue weighted by molar-refractivity contribution is 15.0. The molecule has 1 N–H and O–H groups in total. The van der Waals surface area contributed by atoms with Crippen molar-refractivity contribution in [1.29, 1.82) is 0 Å². The van der Waals surface area contributed by atoms with Gasteiger partial charge in [-0.25, -0.2) is 0 Å².